The molecule has 0 radical (unpaired) electrons. The number of carbonyl (C=O) groups excluding carboxylic acids is 1. The monoisotopic (exact) mass is 285 g/mol. The molecular formula is C13H16FNO3S. The maximum absolute atomic E-state index is 13.3. The van der Waals surface area contributed by atoms with Crippen molar-refractivity contribution in [2.24, 2.45) is 0 Å². The lowest BCUT2D eigenvalue weighted by molar-refractivity contribution is -0.137. The molecular weight excluding hydrogens is 269 g/mol. The maximum atomic E-state index is 13.3. The minimum atomic E-state index is -0.871. The molecule has 4 nitrogen and oxygen atoms in total. The number of thioether (sulfide) groups is 1. The van der Waals surface area contributed by atoms with Crippen LogP contribution in [0.5, 0.6) is 0 Å². The van der Waals surface area contributed by atoms with E-state index >= 15 is 0 Å². The van der Waals surface area contributed by atoms with E-state index in [1.165, 1.54) is 17.8 Å². The molecule has 0 aliphatic heterocycles. The lowest BCUT2D eigenvalue weighted by Crippen LogP contribution is -2.25. The van der Waals surface area contributed by atoms with Crippen molar-refractivity contribution in [1.29, 1.82) is 0 Å². The predicted molar refractivity (Wildman–Crippen MR) is 71.6 cm³/mol. The standard InChI is InChI=1S/C13H16FNO3S/c14-10-4-1-2-5-11(10)19-9-7-12(16)15-8-3-6-13(17)18/h1-2,4-5H,3,6-9H2,(H,15,16)(H,17,18). The molecule has 0 atom stereocenters. The average molecular weight is 285 g/mol. The van der Waals surface area contributed by atoms with E-state index in [1.807, 2.05) is 0 Å². The van der Waals surface area contributed by atoms with Gasteiger partial charge in [-0.3, -0.25) is 9.59 Å². The smallest absolute Gasteiger partial charge is 0.303 e. The van der Waals surface area contributed by atoms with Gasteiger partial charge in [0.05, 0.1) is 0 Å². The summed E-state index contributed by atoms with van der Waals surface area (Å²) in [6.45, 7) is 0.357. The summed E-state index contributed by atoms with van der Waals surface area (Å²) in [6.07, 6.45) is 0.748. The van der Waals surface area contributed by atoms with Gasteiger partial charge in [0.1, 0.15) is 5.82 Å². The van der Waals surface area contributed by atoms with Crippen molar-refractivity contribution >= 4 is 23.6 Å². The summed E-state index contributed by atoms with van der Waals surface area (Å²) in [6, 6.07) is 6.42. The second-order valence-corrected chi connectivity index (χ2v) is 5.01. The van der Waals surface area contributed by atoms with Crippen LogP contribution in [-0.2, 0) is 9.59 Å². The lowest BCUT2D eigenvalue weighted by atomic mass is 10.3. The van der Waals surface area contributed by atoms with Crippen molar-refractivity contribution < 1.29 is 19.1 Å². The summed E-state index contributed by atoms with van der Waals surface area (Å²) in [5.41, 5.74) is 0. The van der Waals surface area contributed by atoms with Gasteiger partial charge in [-0.1, -0.05) is 12.1 Å². The third-order valence-electron chi connectivity index (χ3n) is 2.31. The van der Waals surface area contributed by atoms with Crippen molar-refractivity contribution in [2.45, 2.75) is 24.2 Å². The SMILES string of the molecule is O=C(O)CCCNC(=O)CCSc1ccccc1F. The molecule has 1 aromatic rings. The molecule has 1 amide bonds. The summed E-state index contributed by atoms with van der Waals surface area (Å²) < 4.78 is 13.3. The van der Waals surface area contributed by atoms with Gasteiger partial charge in [-0.15, -0.1) is 11.8 Å². The van der Waals surface area contributed by atoms with Gasteiger partial charge in [0.2, 0.25) is 5.91 Å². The quantitative estimate of drug-likeness (QED) is 0.568. The number of rotatable bonds is 8. The maximum Gasteiger partial charge on any atom is 0.303 e. The van der Waals surface area contributed by atoms with Crippen LogP contribution in [0.4, 0.5) is 4.39 Å². The first-order valence-electron chi connectivity index (χ1n) is 5.95. The Morgan fingerprint density at radius 1 is 1.26 bits per heavy atom. The van der Waals surface area contributed by atoms with Gasteiger partial charge >= 0.3 is 5.97 Å². The fourth-order valence-corrected chi connectivity index (χ4v) is 2.26. The normalized spacial score (nSPS) is 10.2. The molecule has 0 unspecified atom stereocenters. The van der Waals surface area contributed by atoms with Crippen LogP contribution in [0.25, 0.3) is 0 Å². The molecule has 0 saturated heterocycles. The zero-order valence-corrected chi connectivity index (χ0v) is 11.2. The van der Waals surface area contributed by atoms with E-state index in [4.69, 9.17) is 5.11 Å². The molecule has 0 fully saturated rings. The molecule has 0 aromatic heterocycles. The van der Waals surface area contributed by atoms with Gasteiger partial charge in [-0.2, -0.15) is 0 Å². The van der Waals surface area contributed by atoms with Crippen molar-refractivity contribution in [3.63, 3.8) is 0 Å². The molecule has 1 rings (SSSR count). The minimum Gasteiger partial charge on any atom is -0.481 e. The molecule has 19 heavy (non-hydrogen) atoms. The van der Waals surface area contributed by atoms with Crippen molar-refractivity contribution in [3.8, 4) is 0 Å². The summed E-state index contributed by atoms with van der Waals surface area (Å²) in [5, 5.41) is 11.1. The Kier molecular flexibility index (Phi) is 6.95. The van der Waals surface area contributed by atoms with Crippen LogP contribution in [0.1, 0.15) is 19.3 Å². The van der Waals surface area contributed by atoms with Crippen LogP contribution in [-0.4, -0.2) is 29.3 Å². The highest BCUT2D eigenvalue weighted by Crippen LogP contribution is 2.21. The largest absolute Gasteiger partial charge is 0.481 e. The van der Waals surface area contributed by atoms with Crippen LogP contribution in [0.3, 0.4) is 0 Å². The van der Waals surface area contributed by atoms with Crippen LogP contribution >= 0.6 is 11.8 Å². The summed E-state index contributed by atoms with van der Waals surface area (Å²) in [5.74, 6) is -0.806. The Bertz CT molecular complexity index is 440. The second kappa shape index (κ2) is 8.53. The Labute approximate surface area is 115 Å². The van der Waals surface area contributed by atoms with Gasteiger partial charge in [-0.05, 0) is 18.6 Å². The van der Waals surface area contributed by atoms with Gasteiger partial charge in [0.25, 0.3) is 0 Å². The second-order valence-electron chi connectivity index (χ2n) is 3.88. The van der Waals surface area contributed by atoms with Crippen molar-refractivity contribution in [1.82, 2.24) is 5.32 Å². The first-order chi connectivity index (χ1) is 9.09. The molecule has 0 aliphatic carbocycles. The number of carboxylic acids is 1. The zero-order valence-electron chi connectivity index (χ0n) is 10.4. The number of hydrogen-bond donors (Lipinski definition) is 2. The Morgan fingerprint density at radius 2 is 2.00 bits per heavy atom. The minimum absolute atomic E-state index is 0.0459. The highest BCUT2D eigenvalue weighted by molar-refractivity contribution is 7.99. The third-order valence-corrected chi connectivity index (χ3v) is 3.36. The predicted octanol–water partition coefficient (Wildman–Crippen LogP) is 2.29. The number of amides is 1. The van der Waals surface area contributed by atoms with Gasteiger partial charge < -0.3 is 10.4 Å². The molecule has 0 heterocycles. The highest BCUT2D eigenvalue weighted by Gasteiger charge is 2.05. The lowest BCUT2D eigenvalue weighted by Gasteiger charge is -2.05. The summed E-state index contributed by atoms with van der Waals surface area (Å²) >= 11 is 1.29. The average Bonchev–Trinajstić information content (AvgIpc) is 2.37. The van der Waals surface area contributed by atoms with Crippen LogP contribution in [0.2, 0.25) is 0 Å². The van der Waals surface area contributed by atoms with Crippen LogP contribution in [0, 0.1) is 5.82 Å². The van der Waals surface area contributed by atoms with Crippen LogP contribution in [0.15, 0.2) is 29.2 Å². The van der Waals surface area contributed by atoms with Gasteiger partial charge in [-0.25, -0.2) is 4.39 Å². The fourth-order valence-electron chi connectivity index (χ4n) is 1.37. The number of halogens is 1. The molecule has 0 saturated carbocycles. The topological polar surface area (TPSA) is 66.4 Å². The molecule has 0 spiro atoms. The molecule has 0 aliphatic rings. The molecule has 6 heteroatoms. The van der Waals surface area contributed by atoms with E-state index in [9.17, 15) is 14.0 Å². The summed E-state index contributed by atoms with van der Waals surface area (Å²) in [7, 11) is 0. The van der Waals surface area contributed by atoms with E-state index in [0.29, 0.717) is 23.6 Å². The van der Waals surface area contributed by atoms with Gasteiger partial charge in [0, 0.05) is 30.0 Å². The van der Waals surface area contributed by atoms with E-state index in [2.05, 4.69) is 5.32 Å². The van der Waals surface area contributed by atoms with Gasteiger partial charge in [0.15, 0.2) is 0 Å². The molecule has 2 N–H and O–H groups in total. The van der Waals surface area contributed by atoms with Crippen LogP contribution < -0.4 is 5.32 Å². The Hall–Kier alpha value is -1.56. The van der Waals surface area contributed by atoms with Crippen molar-refractivity contribution in [2.75, 3.05) is 12.3 Å². The first kappa shape index (κ1) is 15.5. The number of carboxylic acid groups (broad SMARTS) is 1. The number of hydrogen-bond acceptors (Lipinski definition) is 3. The number of carbonyl (C=O) groups is 2. The summed E-state index contributed by atoms with van der Waals surface area (Å²) in [4.78, 5) is 22.2. The third kappa shape index (κ3) is 6.81. The van der Waals surface area contributed by atoms with E-state index in [1.54, 1.807) is 18.2 Å². The highest BCUT2D eigenvalue weighted by atomic mass is 32.2. The zero-order chi connectivity index (χ0) is 14.1. The van der Waals surface area contributed by atoms with Crippen molar-refractivity contribution in [3.05, 3.63) is 30.1 Å². The Morgan fingerprint density at radius 3 is 2.68 bits per heavy atom. The fraction of sp³-hybridized carbons (Fsp3) is 0.385. The molecule has 0 bridgehead atoms. The van der Waals surface area contributed by atoms with E-state index in [-0.39, 0.29) is 24.6 Å². The van der Waals surface area contributed by atoms with E-state index in [0.717, 1.165) is 0 Å². The molecule has 104 valence electrons. The Balaban J connectivity index is 2.14. The number of benzene rings is 1. The molecule has 1 aromatic carbocycles. The number of aliphatic carboxylic acids is 1. The van der Waals surface area contributed by atoms with E-state index < -0.39 is 5.97 Å². The number of nitrogens with one attached hydrogen (secondary N) is 1. The first-order valence-corrected chi connectivity index (χ1v) is 6.94.